The van der Waals surface area contributed by atoms with Gasteiger partial charge in [0.05, 0.1) is 12.7 Å². The van der Waals surface area contributed by atoms with Crippen LogP contribution in [0.4, 0.5) is 4.79 Å². The van der Waals surface area contributed by atoms with E-state index in [4.69, 9.17) is 9.47 Å². The van der Waals surface area contributed by atoms with E-state index in [0.29, 0.717) is 37.1 Å². The second-order valence-electron chi connectivity index (χ2n) is 8.82. The number of rotatable bonds is 8. The van der Waals surface area contributed by atoms with Gasteiger partial charge < -0.3 is 14.8 Å². The van der Waals surface area contributed by atoms with Gasteiger partial charge in [-0.3, -0.25) is 0 Å². The van der Waals surface area contributed by atoms with Crippen LogP contribution in [0.2, 0.25) is 0 Å². The molecule has 1 fully saturated rings. The standard InChI is InChI=1S/C22H39NO3/c1-7-8-9-10-11-19-20-16(4)12-17(5)22(13-25-19,18(20)6)14-26-21(24)23-15(2)3/h12,15,17-20H,7-11,13-14H2,1-6H3,(H,23,24)/t17?,18-,19?,20?,22+/m0/s1. The molecule has 4 heteroatoms. The lowest BCUT2D eigenvalue weighted by Gasteiger charge is -2.55. The summed E-state index contributed by atoms with van der Waals surface area (Å²) in [5.41, 5.74) is 1.34. The predicted octanol–water partition coefficient (Wildman–Crippen LogP) is 5.32. The van der Waals surface area contributed by atoms with Crippen LogP contribution in [0.25, 0.3) is 0 Å². The topological polar surface area (TPSA) is 47.6 Å². The SMILES string of the molecule is CCCCCCC1OC[C@@]2(COC(=O)NC(C)C)C(C)C=C(C)C1[C@@H]2C. The van der Waals surface area contributed by atoms with Gasteiger partial charge in [-0.2, -0.15) is 0 Å². The first-order valence-corrected chi connectivity index (χ1v) is 10.5. The summed E-state index contributed by atoms with van der Waals surface area (Å²) in [5.74, 6) is 1.25. The minimum atomic E-state index is -0.321. The first kappa shape index (κ1) is 21.3. The van der Waals surface area contributed by atoms with Crippen molar-refractivity contribution >= 4 is 6.09 Å². The fraction of sp³-hybridized carbons (Fsp3) is 0.864. The number of carbonyl (C=O) groups excluding carboxylic acids is 1. The quantitative estimate of drug-likeness (QED) is 0.467. The Morgan fingerprint density at radius 1 is 1.35 bits per heavy atom. The molecule has 1 heterocycles. The fourth-order valence-corrected chi connectivity index (χ4v) is 4.90. The normalized spacial score (nSPS) is 33.7. The molecule has 1 aliphatic carbocycles. The summed E-state index contributed by atoms with van der Waals surface area (Å²) in [7, 11) is 0. The number of nitrogens with one attached hydrogen (secondary N) is 1. The maximum atomic E-state index is 12.0. The van der Waals surface area contributed by atoms with Crippen LogP contribution in [0.15, 0.2) is 11.6 Å². The average Bonchev–Trinajstić information content (AvgIpc) is 2.56. The van der Waals surface area contributed by atoms with E-state index in [1.54, 1.807) is 0 Å². The molecule has 2 bridgehead atoms. The monoisotopic (exact) mass is 365 g/mol. The molecule has 2 rings (SSSR count). The van der Waals surface area contributed by atoms with E-state index < -0.39 is 0 Å². The van der Waals surface area contributed by atoms with E-state index in [9.17, 15) is 4.79 Å². The van der Waals surface area contributed by atoms with E-state index in [2.05, 4.69) is 39.1 Å². The predicted molar refractivity (Wildman–Crippen MR) is 106 cm³/mol. The Kier molecular flexibility index (Phi) is 7.57. The maximum Gasteiger partial charge on any atom is 0.407 e. The lowest BCUT2D eigenvalue weighted by atomic mass is 9.56. The molecule has 4 nitrogen and oxygen atoms in total. The third kappa shape index (κ3) is 4.62. The number of ether oxygens (including phenoxy) is 2. The third-order valence-corrected chi connectivity index (χ3v) is 6.58. The van der Waals surface area contributed by atoms with Gasteiger partial charge in [0.15, 0.2) is 0 Å². The van der Waals surface area contributed by atoms with E-state index in [1.807, 2.05) is 13.8 Å². The van der Waals surface area contributed by atoms with Crippen molar-refractivity contribution in [3.8, 4) is 0 Å². The summed E-state index contributed by atoms with van der Waals surface area (Å²) in [6, 6.07) is 0.0891. The second kappa shape index (κ2) is 9.25. The molecule has 5 atom stereocenters. The summed E-state index contributed by atoms with van der Waals surface area (Å²) in [5, 5.41) is 2.82. The van der Waals surface area contributed by atoms with Crippen LogP contribution in [-0.4, -0.2) is 31.5 Å². The average molecular weight is 366 g/mol. The number of hydrogen-bond acceptors (Lipinski definition) is 3. The maximum absolute atomic E-state index is 12.0. The highest BCUT2D eigenvalue weighted by Gasteiger charge is 2.53. The Labute approximate surface area is 160 Å². The first-order chi connectivity index (χ1) is 12.3. The minimum absolute atomic E-state index is 0.0891. The Balaban J connectivity index is 2.06. The van der Waals surface area contributed by atoms with Crippen LogP contribution in [0.1, 0.15) is 73.6 Å². The van der Waals surface area contributed by atoms with Crippen molar-refractivity contribution < 1.29 is 14.3 Å². The highest BCUT2D eigenvalue weighted by Crippen LogP contribution is 2.53. The van der Waals surface area contributed by atoms with Gasteiger partial charge in [0, 0.05) is 17.4 Å². The van der Waals surface area contributed by atoms with E-state index >= 15 is 0 Å². The molecule has 1 amide bonds. The fourth-order valence-electron chi connectivity index (χ4n) is 4.90. The van der Waals surface area contributed by atoms with Crippen LogP contribution in [-0.2, 0) is 9.47 Å². The smallest absolute Gasteiger partial charge is 0.407 e. The number of amides is 1. The summed E-state index contributed by atoms with van der Waals surface area (Å²) in [4.78, 5) is 12.0. The Hall–Kier alpha value is -1.03. The molecule has 1 saturated heterocycles. The number of carbonyl (C=O) groups is 1. The molecule has 2 aliphatic rings. The Bertz CT molecular complexity index is 502. The van der Waals surface area contributed by atoms with Gasteiger partial charge in [0.1, 0.15) is 6.61 Å². The van der Waals surface area contributed by atoms with Crippen LogP contribution in [0.5, 0.6) is 0 Å². The van der Waals surface area contributed by atoms with Crippen LogP contribution >= 0.6 is 0 Å². The highest BCUT2D eigenvalue weighted by atomic mass is 16.6. The van der Waals surface area contributed by atoms with Gasteiger partial charge >= 0.3 is 6.09 Å². The zero-order valence-electron chi connectivity index (χ0n) is 17.6. The van der Waals surface area contributed by atoms with E-state index in [0.717, 1.165) is 6.42 Å². The third-order valence-electron chi connectivity index (χ3n) is 6.58. The highest BCUT2D eigenvalue weighted by molar-refractivity contribution is 5.67. The zero-order chi connectivity index (χ0) is 19.3. The van der Waals surface area contributed by atoms with Gasteiger partial charge in [0.25, 0.3) is 0 Å². The molecular formula is C22H39NO3. The van der Waals surface area contributed by atoms with Crippen LogP contribution in [0, 0.1) is 23.2 Å². The summed E-state index contributed by atoms with van der Waals surface area (Å²) >= 11 is 0. The number of allylic oxidation sites excluding steroid dienone is 1. The molecule has 0 aromatic heterocycles. The number of alkyl carbamates (subject to hydrolysis) is 1. The zero-order valence-corrected chi connectivity index (χ0v) is 17.6. The van der Waals surface area contributed by atoms with Crippen LogP contribution in [0.3, 0.4) is 0 Å². The van der Waals surface area contributed by atoms with Crippen LogP contribution < -0.4 is 5.32 Å². The lowest BCUT2D eigenvalue weighted by molar-refractivity contribution is -0.165. The molecule has 1 N–H and O–H groups in total. The molecule has 0 radical (unpaired) electrons. The molecule has 0 aromatic rings. The number of hydrogen-bond donors (Lipinski definition) is 1. The van der Waals surface area contributed by atoms with Gasteiger partial charge in [-0.05, 0) is 39.0 Å². The summed E-state index contributed by atoms with van der Waals surface area (Å²) in [6.07, 6.45) is 8.63. The van der Waals surface area contributed by atoms with Gasteiger partial charge in [0.2, 0.25) is 0 Å². The van der Waals surface area contributed by atoms with E-state index in [-0.39, 0.29) is 17.6 Å². The Morgan fingerprint density at radius 3 is 2.73 bits per heavy atom. The van der Waals surface area contributed by atoms with Crippen molar-refractivity contribution in [2.24, 2.45) is 23.2 Å². The lowest BCUT2D eigenvalue weighted by Crippen LogP contribution is -2.57. The molecule has 3 unspecified atom stereocenters. The van der Waals surface area contributed by atoms with Gasteiger partial charge in [-0.15, -0.1) is 0 Å². The molecule has 1 aliphatic heterocycles. The summed E-state index contributed by atoms with van der Waals surface area (Å²) < 4.78 is 12.0. The summed E-state index contributed by atoms with van der Waals surface area (Å²) in [6.45, 7) is 14.1. The van der Waals surface area contributed by atoms with Crippen molar-refractivity contribution in [3.63, 3.8) is 0 Å². The first-order valence-electron chi connectivity index (χ1n) is 10.5. The molecule has 0 spiro atoms. The largest absolute Gasteiger partial charge is 0.449 e. The van der Waals surface area contributed by atoms with Gasteiger partial charge in [-0.25, -0.2) is 4.79 Å². The van der Waals surface area contributed by atoms with Crippen molar-refractivity contribution in [2.45, 2.75) is 85.8 Å². The number of unbranched alkanes of at least 4 members (excludes halogenated alkanes) is 3. The van der Waals surface area contributed by atoms with E-state index in [1.165, 1.54) is 31.3 Å². The van der Waals surface area contributed by atoms with Crippen molar-refractivity contribution in [1.82, 2.24) is 5.32 Å². The number of fused-ring (bicyclic) bond motifs is 2. The molecule has 0 aromatic carbocycles. The molecule has 0 saturated carbocycles. The molecule has 150 valence electrons. The Morgan fingerprint density at radius 2 is 2.08 bits per heavy atom. The van der Waals surface area contributed by atoms with Gasteiger partial charge in [-0.1, -0.05) is 58.1 Å². The molecule has 26 heavy (non-hydrogen) atoms. The minimum Gasteiger partial charge on any atom is -0.449 e. The molecular weight excluding hydrogens is 326 g/mol. The second-order valence-corrected chi connectivity index (χ2v) is 8.82. The van der Waals surface area contributed by atoms with Crippen molar-refractivity contribution in [1.29, 1.82) is 0 Å². The van der Waals surface area contributed by atoms with Crippen molar-refractivity contribution in [2.75, 3.05) is 13.2 Å². The van der Waals surface area contributed by atoms with Crippen molar-refractivity contribution in [3.05, 3.63) is 11.6 Å².